The lowest BCUT2D eigenvalue weighted by molar-refractivity contribution is -0.120. The number of hydrogen-bond donors (Lipinski definition) is 2. The number of carbonyl (C=O) groups excluding carboxylic acids is 1. The minimum absolute atomic E-state index is 0.0586. The number of nitrogens with one attached hydrogen (secondary N) is 2. The Balaban J connectivity index is 1.53. The molecule has 0 aromatic heterocycles. The smallest absolute Gasteiger partial charge is 0.234 e. The van der Waals surface area contributed by atoms with Gasteiger partial charge in [0.15, 0.2) is 0 Å². The first-order chi connectivity index (χ1) is 9.79. The topological polar surface area (TPSA) is 44.4 Å². The van der Waals surface area contributed by atoms with Crippen LogP contribution < -0.4 is 10.6 Å². The van der Waals surface area contributed by atoms with E-state index in [1.54, 1.807) is 0 Å². The quantitative estimate of drug-likeness (QED) is 0.669. The second-order valence-electron chi connectivity index (χ2n) is 5.30. The van der Waals surface area contributed by atoms with E-state index < -0.39 is 0 Å². The molecule has 4 heteroatoms. The van der Waals surface area contributed by atoms with Crippen molar-refractivity contribution in [3.8, 4) is 0 Å². The van der Waals surface area contributed by atoms with Crippen LogP contribution in [-0.2, 0) is 11.3 Å². The monoisotopic (exact) mass is 275 g/mol. The Labute approximate surface area is 121 Å². The third-order valence-corrected chi connectivity index (χ3v) is 3.66. The molecule has 1 fully saturated rings. The van der Waals surface area contributed by atoms with Crippen molar-refractivity contribution < 1.29 is 4.79 Å². The molecule has 1 aromatic rings. The Morgan fingerprint density at radius 1 is 1.30 bits per heavy atom. The molecule has 110 valence electrons. The zero-order valence-corrected chi connectivity index (χ0v) is 12.3. The summed E-state index contributed by atoms with van der Waals surface area (Å²) in [6, 6.07) is 10.8. The fourth-order valence-electron chi connectivity index (χ4n) is 2.32. The van der Waals surface area contributed by atoms with E-state index in [9.17, 15) is 4.79 Å². The summed E-state index contributed by atoms with van der Waals surface area (Å²) >= 11 is 0. The van der Waals surface area contributed by atoms with E-state index in [0.717, 1.165) is 31.2 Å². The van der Waals surface area contributed by atoms with E-state index in [2.05, 4.69) is 22.5 Å². The standard InChI is InChI=1S/C16H25N3O/c1-2-19(15-8-9-15)11-10-17-13-16(20)18-12-14-6-4-3-5-7-14/h3-7,15,17H,2,8-13H2,1H3,(H,18,20). The number of amides is 1. The van der Waals surface area contributed by atoms with Crippen LogP contribution in [0.4, 0.5) is 0 Å². The van der Waals surface area contributed by atoms with E-state index in [-0.39, 0.29) is 5.91 Å². The largest absolute Gasteiger partial charge is 0.351 e. The van der Waals surface area contributed by atoms with E-state index >= 15 is 0 Å². The van der Waals surface area contributed by atoms with Gasteiger partial charge in [0.25, 0.3) is 0 Å². The van der Waals surface area contributed by atoms with Gasteiger partial charge in [-0.3, -0.25) is 9.69 Å². The molecule has 1 aliphatic rings. The van der Waals surface area contributed by atoms with Crippen molar-refractivity contribution in [3.05, 3.63) is 35.9 Å². The molecular weight excluding hydrogens is 250 g/mol. The molecule has 2 N–H and O–H groups in total. The van der Waals surface area contributed by atoms with Gasteiger partial charge in [-0.05, 0) is 24.9 Å². The highest BCUT2D eigenvalue weighted by molar-refractivity contribution is 5.77. The molecule has 0 spiro atoms. The van der Waals surface area contributed by atoms with E-state index in [4.69, 9.17) is 0 Å². The molecule has 20 heavy (non-hydrogen) atoms. The number of benzene rings is 1. The summed E-state index contributed by atoms with van der Waals surface area (Å²) in [5.41, 5.74) is 1.13. The van der Waals surface area contributed by atoms with Gasteiger partial charge < -0.3 is 10.6 Å². The third-order valence-electron chi connectivity index (χ3n) is 3.66. The van der Waals surface area contributed by atoms with Crippen LogP contribution in [0.2, 0.25) is 0 Å². The zero-order chi connectivity index (χ0) is 14.2. The molecule has 1 amide bonds. The van der Waals surface area contributed by atoms with E-state index in [1.165, 1.54) is 12.8 Å². The lowest BCUT2D eigenvalue weighted by Crippen LogP contribution is -2.38. The predicted octanol–water partition coefficient (Wildman–Crippen LogP) is 1.38. The van der Waals surface area contributed by atoms with Crippen LogP contribution in [0, 0.1) is 0 Å². The van der Waals surface area contributed by atoms with Crippen molar-refractivity contribution in [2.24, 2.45) is 0 Å². The molecule has 1 saturated carbocycles. The molecule has 1 aromatic carbocycles. The van der Waals surface area contributed by atoms with Crippen LogP contribution in [0.3, 0.4) is 0 Å². The SMILES string of the molecule is CCN(CCNCC(=O)NCc1ccccc1)C1CC1. The van der Waals surface area contributed by atoms with Crippen LogP contribution in [-0.4, -0.2) is 43.0 Å². The molecule has 1 aliphatic carbocycles. The number of likely N-dealkylation sites (N-methyl/N-ethyl adjacent to an activating group) is 1. The van der Waals surface area contributed by atoms with Crippen LogP contribution in [0.1, 0.15) is 25.3 Å². The Morgan fingerprint density at radius 3 is 2.70 bits per heavy atom. The van der Waals surface area contributed by atoms with Gasteiger partial charge in [0.1, 0.15) is 0 Å². The first-order valence-corrected chi connectivity index (χ1v) is 7.55. The Morgan fingerprint density at radius 2 is 2.05 bits per heavy atom. The Kier molecular flexibility index (Phi) is 6.02. The van der Waals surface area contributed by atoms with Gasteiger partial charge in [-0.2, -0.15) is 0 Å². The minimum atomic E-state index is 0.0586. The van der Waals surface area contributed by atoms with Crippen molar-refractivity contribution in [1.82, 2.24) is 15.5 Å². The van der Waals surface area contributed by atoms with Crippen molar-refractivity contribution in [3.63, 3.8) is 0 Å². The van der Waals surface area contributed by atoms with Crippen molar-refractivity contribution >= 4 is 5.91 Å². The summed E-state index contributed by atoms with van der Waals surface area (Å²) in [4.78, 5) is 14.2. The number of carbonyl (C=O) groups is 1. The average molecular weight is 275 g/mol. The highest BCUT2D eigenvalue weighted by atomic mass is 16.1. The Bertz CT molecular complexity index is 403. The summed E-state index contributed by atoms with van der Waals surface area (Å²) in [5.74, 6) is 0.0586. The molecule has 0 atom stereocenters. The molecule has 0 unspecified atom stereocenters. The van der Waals surface area contributed by atoms with Gasteiger partial charge in [-0.15, -0.1) is 0 Å². The van der Waals surface area contributed by atoms with Gasteiger partial charge in [-0.25, -0.2) is 0 Å². The lowest BCUT2D eigenvalue weighted by atomic mass is 10.2. The van der Waals surface area contributed by atoms with Crippen LogP contribution in [0.15, 0.2) is 30.3 Å². The fourth-order valence-corrected chi connectivity index (χ4v) is 2.32. The number of rotatable bonds is 9. The second kappa shape index (κ2) is 8.02. The normalized spacial score (nSPS) is 14.5. The van der Waals surface area contributed by atoms with E-state index in [1.807, 2.05) is 30.3 Å². The van der Waals surface area contributed by atoms with Crippen molar-refractivity contribution in [2.75, 3.05) is 26.2 Å². The summed E-state index contributed by atoms with van der Waals surface area (Å²) in [7, 11) is 0. The highest BCUT2D eigenvalue weighted by Gasteiger charge is 2.26. The molecule has 0 heterocycles. The summed E-state index contributed by atoms with van der Waals surface area (Å²) in [6.45, 7) is 6.22. The maximum Gasteiger partial charge on any atom is 0.234 e. The Hall–Kier alpha value is -1.39. The van der Waals surface area contributed by atoms with E-state index in [0.29, 0.717) is 13.1 Å². The van der Waals surface area contributed by atoms with Crippen LogP contribution in [0.25, 0.3) is 0 Å². The molecule has 2 rings (SSSR count). The average Bonchev–Trinajstić information content (AvgIpc) is 3.31. The van der Waals surface area contributed by atoms with Gasteiger partial charge in [0.2, 0.25) is 5.91 Å². The predicted molar refractivity (Wildman–Crippen MR) is 81.4 cm³/mol. The molecule has 4 nitrogen and oxygen atoms in total. The van der Waals surface area contributed by atoms with Gasteiger partial charge in [0, 0.05) is 25.7 Å². The first-order valence-electron chi connectivity index (χ1n) is 7.55. The summed E-state index contributed by atoms with van der Waals surface area (Å²) in [6.07, 6.45) is 2.68. The summed E-state index contributed by atoms with van der Waals surface area (Å²) in [5, 5.41) is 6.14. The summed E-state index contributed by atoms with van der Waals surface area (Å²) < 4.78 is 0. The first kappa shape index (κ1) is 15.0. The third kappa shape index (κ3) is 5.31. The molecular formula is C16H25N3O. The van der Waals surface area contributed by atoms with Crippen LogP contribution in [0.5, 0.6) is 0 Å². The molecule has 0 aliphatic heterocycles. The fraction of sp³-hybridized carbons (Fsp3) is 0.562. The van der Waals surface area contributed by atoms with Crippen LogP contribution >= 0.6 is 0 Å². The lowest BCUT2D eigenvalue weighted by Gasteiger charge is -2.19. The van der Waals surface area contributed by atoms with Crippen molar-refractivity contribution in [1.29, 1.82) is 0 Å². The maximum atomic E-state index is 11.7. The minimum Gasteiger partial charge on any atom is -0.351 e. The highest BCUT2D eigenvalue weighted by Crippen LogP contribution is 2.25. The zero-order valence-electron chi connectivity index (χ0n) is 12.3. The molecule has 0 saturated heterocycles. The van der Waals surface area contributed by atoms with Gasteiger partial charge >= 0.3 is 0 Å². The van der Waals surface area contributed by atoms with Gasteiger partial charge in [0.05, 0.1) is 6.54 Å². The van der Waals surface area contributed by atoms with Crippen molar-refractivity contribution in [2.45, 2.75) is 32.4 Å². The second-order valence-corrected chi connectivity index (χ2v) is 5.30. The van der Waals surface area contributed by atoms with Gasteiger partial charge in [-0.1, -0.05) is 37.3 Å². The molecule has 0 radical (unpaired) electrons. The number of nitrogens with zero attached hydrogens (tertiary/aromatic N) is 1. The number of hydrogen-bond acceptors (Lipinski definition) is 3. The molecule has 0 bridgehead atoms. The maximum absolute atomic E-state index is 11.7.